The second kappa shape index (κ2) is 4.21. The molecule has 0 atom stereocenters. The third-order valence-corrected chi connectivity index (χ3v) is 2.31. The van der Waals surface area contributed by atoms with Crippen molar-refractivity contribution in [2.45, 2.75) is 13.8 Å². The number of thioether (sulfide) groups is 1. The molecule has 0 N–H and O–H groups in total. The van der Waals surface area contributed by atoms with E-state index in [-0.39, 0.29) is 0 Å². The van der Waals surface area contributed by atoms with Crippen LogP contribution in [0.15, 0.2) is 40.4 Å². The Morgan fingerprint density at radius 2 is 2.33 bits per heavy atom. The summed E-state index contributed by atoms with van der Waals surface area (Å²) in [6.45, 7) is 8.01. The van der Waals surface area contributed by atoms with Crippen LogP contribution in [0.25, 0.3) is 4.91 Å². The molecule has 0 spiro atoms. The molecule has 0 bridgehead atoms. The van der Waals surface area contributed by atoms with E-state index in [9.17, 15) is 0 Å². The molecule has 0 amide bonds. The molecular weight excluding hydrogens is 168 g/mol. The van der Waals surface area contributed by atoms with E-state index in [0.29, 0.717) is 0 Å². The van der Waals surface area contributed by atoms with Crippen LogP contribution < -0.4 is 0 Å². The summed E-state index contributed by atoms with van der Waals surface area (Å²) in [5.41, 5.74) is 1.27. The van der Waals surface area contributed by atoms with Gasteiger partial charge in [-0.2, -0.15) is 0 Å². The van der Waals surface area contributed by atoms with Gasteiger partial charge in [-0.05, 0) is 31.4 Å². The second-order valence-corrected chi connectivity index (χ2v) is 3.68. The Bertz CT molecular complexity index is 279. The van der Waals surface area contributed by atoms with Gasteiger partial charge in [-0.25, -0.2) is 0 Å². The summed E-state index contributed by atoms with van der Waals surface area (Å²) in [6, 6.07) is 3.78. The van der Waals surface area contributed by atoms with Crippen LogP contribution in [0, 0.1) is 0 Å². The van der Waals surface area contributed by atoms with E-state index >= 15 is 0 Å². The molecule has 0 aliphatic carbocycles. The molecular formula is C10H12OS. The molecule has 2 heteroatoms. The summed E-state index contributed by atoms with van der Waals surface area (Å²) in [6.07, 6.45) is 1.66. The first-order valence-corrected chi connectivity index (χ1v) is 4.61. The van der Waals surface area contributed by atoms with E-state index in [1.54, 1.807) is 18.0 Å². The lowest BCUT2D eigenvalue weighted by atomic mass is 10.4. The van der Waals surface area contributed by atoms with Gasteiger partial charge in [-0.15, -0.1) is 0 Å². The van der Waals surface area contributed by atoms with Crippen LogP contribution in [-0.2, 0) is 0 Å². The second-order valence-electron chi connectivity index (χ2n) is 2.71. The molecule has 1 aromatic heterocycles. The molecule has 1 heterocycles. The van der Waals surface area contributed by atoms with Crippen LogP contribution in [0.3, 0.4) is 0 Å². The molecule has 64 valence electrons. The predicted molar refractivity (Wildman–Crippen MR) is 54.8 cm³/mol. The maximum atomic E-state index is 5.18. The maximum Gasteiger partial charge on any atom is 0.139 e. The Morgan fingerprint density at radius 3 is 2.83 bits per heavy atom. The highest BCUT2D eigenvalue weighted by Gasteiger charge is 1.99. The van der Waals surface area contributed by atoms with Crippen molar-refractivity contribution >= 4 is 16.7 Å². The van der Waals surface area contributed by atoms with E-state index < -0.39 is 0 Å². The van der Waals surface area contributed by atoms with Gasteiger partial charge in [-0.1, -0.05) is 23.9 Å². The van der Waals surface area contributed by atoms with Crippen molar-refractivity contribution in [3.63, 3.8) is 0 Å². The fourth-order valence-corrected chi connectivity index (χ4v) is 1.29. The van der Waals surface area contributed by atoms with Gasteiger partial charge in [0.05, 0.1) is 6.26 Å². The minimum absolute atomic E-state index is 0.845. The Morgan fingerprint density at radius 1 is 1.58 bits per heavy atom. The van der Waals surface area contributed by atoms with Crippen LogP contribution in [0.5, 0.6) is 0 Å². The van der Waals surface area contributed by atoms with Crippen molar-refractivity contribution in [1.29, 1.82) is 0 Å². The first-order valence-electron chi connectivity index (χ1n) is 3.73. The maximum absolute atomic E-state index is 5.18. The lowest BCUT2D eigenvalue weighted by Crippen LogP contribution is -1.69. The molecule has 1 nitrogen and oxygen atoms in total. The number of hydrogen-bond acceptors (Lipinski definition) is 2. The third kappa shape index (κ3) is 2.62. The summed E-state index contributed by atoms with van der Waals surface area (Å²) in [7, 11) is 0. The normalized spacial score (nSPS) is 9.50. The molecule has 1 aromatic rings. The minimum atomic E-state index is 0.845. The van der Waals surface area contributed by atoms with Crippen LogP contribution >= 0.6 is 11.8 Å². The molecule has 1 rings (SSSR count). The minimum Gasteiger partial charge on any atom is -0.464 e. The molecule has 12 heavy (non-hydrogen) atoms. The van der Waals surface area contributed by atoms with Gasteiger partial charge in [0, 0.05) is 4.91 Å². The number of hydrogen-bond donors (Lipinski definition) is 0. The van der Waals surface area contributed by atoms with E-state index in [4.69, 9.17) is 4.42 Å². The van der Waals surface area contributed by atoms with Crippen molar-refractivity contribution in [1.82, 2.24) is 0 Å². The highest BCUT2D eigenvalue weighted by atomic mass is 32.2. The molecule has 0 unspecified atom stereocenters. The van der Waals surface area contributed by atoms with Gasteiger partial charge in [0.15, 0.2) is 0 Å². The van der Waals surface area contributed by atoms with Crippen molar-refractivity contribution < 1.29 is 4.42 Å². The Hall–Kier alpha value is -0.890. The van der Waals surface area contributed by atoms with Gasteiger partial charge in [0.25, 0.3) is 0 Å². The van der Waals surface area contributed by atoms with Crippen LogP contribution in [0.4, 0.5) is 0 Å². The summed E-state index contributed by atoms with van der Waals surface area (Å²) in [5, 5.41) is 2.06. The van der Waals surface area contributed by atoms with E-state index in [0.717, 1.165) is 10.7 Å². The first-order chi connectivity index (χ1) is 5.70. The monoisotopic (exact) mass is 180 g/mol. The molecule has 0 aliphatic heterocycles. The summed E-state index contributed by atoms with van der Waals surface area (Å²) < 4.78 is 5.18. The molecule has 0 aromatic carbocycles. The lowest BCUT2D eigenvalue weighted by Gasteiger charge is -1.96. The van der Waals surface area contributed by atoms with Crippen molar-refractivity contribution in [3.05, 3.63) is 41.7 Å². The van der Waals surface area contributed by atoms with Gasteiger partial charge >= 0.3 is 0 Å². The topological polar surface area (TPSA) is 13.1 Å². The fraction of sp³-hybridized carbons (Fsp3) is 0.200. The zero-order valence-corrected chi connectivity index (χ0v) is 8.15. The Labute approximate surface area is 77.2 Å². The molecule has 0 radical (unpaired) electrons. The van der Waals surface area contributed by atoms with Crippen LogP contribution in [0.1, 0.15) is 19.6 Å². The van der Waals surface area contributed by atoms with Crippen LogP contribution in [0.2, 0.25) is 0 Å². The van der Waals surface area contributed by atoms with E-state index in [1.165, 1.54) is 5.57 Å². The number of allylic oxidation sites excluding steroid dienone is 1. The fourth-order valence-electron chi connectivity index (χ4n) is 0.684. The van der Waals surface area contributed by atoms with E-state index in [2.05, 4.69) is 25.8 Å². The zero-order valence-electron chi connectivity index (χ0n) is 7.33. The van der Waals surface area contributed by atoms with Gasteiger partial charge in [0.2, 0.25) is 0 Å². The van der Waals surface area contributed by atoms with Gasteiger partial charge in [-0.3, -0.25) is 0 Å². The average molecular weight is 180 g/mol. The summed E-state index contributed by atoms with van der Waals surface area (Å²) >= 11 is 1.59. The van der Waals surface area contributed by atoms with Gasteiger partial charge < -0.3 is 4.42 Å². The molecule has 0 aliphatic rings. The standard InChI is InChI=1S/C10H12OS/c1-8(2)7-12-9(3)10-5-4-6-11-10/h4-7H,3H2,1-2H3. The van der Waals surface area contributed by atoms with Crippen molar-refractivity contribution in [2.24, 2.45) is 0 Å². The number of rotatable bonds is 3. The Kier molecular flexibility index (Phi) is 3.23. The zero-order chi connectivity index (χ0) is 8.97. The molecule has 0 saturated carbocycles. The average Bonchev–Trinajstić information content (AvgIpc) is 2.51. The Balaban J connectivity index is 2.57. The quantitative estimate of drug-likeness (QED) is 0.699. The van der Waals surface area contributed by atoms with Crippen molar-refractivity contribution in [2.75, 3.05) is 0 Å². The molecule has 0 fully saturated rings. The summed E-state index contributed by atoms with van der Waals surface area (Å²) in [5.74, 6) is 0.845. The van der Waals surface area contributed by atoms with Crippen molar-refractivity contribution in [3.8, 4) is 0 Å². The highest BCUT2D eigenvalue weighted by Crippen LogP contribution is 2.27. The summed E-state index contributed by atoms with van der Waals surface area (Å²) in [4.78, 5) is 0.946. The lowest BCUT2D eigenvalue weighted by molar-refractivity contribution is 0.556. The molecule has 0 saturated heterocycles. The first kappa shape index (κ1) is 9.20. The van der Waals surface area contributed by atoms with Crippen LogP contribution in [-0.4, -0.2) is 0 Å². The smallest absolute Gasteiger partial charge is 0.139 e. The predicted octanol–water partition coefficient (Wildman–Crippen LogP) is 3.91. The van der Waals surface area contributed by atoms with E-state index in [1.807, 2.05) is 12.1 Å². The largest absolute Gasteiger partial charge is 0.464 e. The van der Waals surface area contributed by atoms with Gasteiger partial charge in [0.1, 0.15) is 5.76 Å². The third-order valence-electron chi connectivity index (χ3n) is 1.23. The highest BCUT2D eigenvalue weighted by molar-refractivity contribution is 8.10. The SMILES string of the molecule is C=C(SC=C(C)C)c1ccco1. The number of furan rings is 1.